The van der Waals surface area contributed by atoms with Crippen LogP contribution in [0.4, 0.5) is 0 Å². The van der Waals surface area contributed by atoms with Gasteiger partial charge < -0.3 is 4.74 Å². The van der Waals surface area contributed by atoms with Crippen LogP contribution in [0.5, 0.6) is 0 Å². The second-order valence-electron chi connectivity index (χ2n) is 3.04. The highest BCUT2D eigenvalue weighted by molar-refractivity contribution is 5.82. The standard InChI is InChI=1S/C11H20NO/c1-6-10(7-2)8-9-11(13-5)12(3)4/h9H,6-7H2,1-5H3/q+1. The van der Waals surface area contributed by atoms with Crippen molar-refractivity contribution in [1.82, 2.24) is 0 Å². The molecule has 0 aromatic carbocycles. The second-order valence-corrected chi connectivity index (χ2v) is 3.04. The van der Waals surface area contributed by atoms with Crippen LogP contribution in [0.1, 0.15) is 26.7 Å². The molecule has 0 aromatic rings. The van der Waals surface area contributed by atoms with Crippen LogP contribution in [0.15, 0.2) is 17.4 Å². The first-order chi connectivity index (χ1) is 6.15. The van der Waals surface area contributed by atoms with Crippen molar-refractivity contribution >= 4 is 5.90 Å². The third-order valence-corrected chi connectivity index (χ3v) is 1.90. The van der Waals surface area contributed by atoms with Crippen LogP contribution in [0.25, 0.3) is 0 Å². The van der Waals surface area contributed by atoms with E-state index in [9.17, 15) is 0 Å². The van der Waals surface area contributed by atoms with Crippen molar-refractivity contribution in [2.24, 2.45) is 0 Å². The van der Waals surface area contributed by atoms with Crippen LogP contribution in [0, 0.1) is 0 Å². The van der Waals surface area contributed by atoms with Gasteiger partial charge in [-0.05, 0) is 18.4 Å². The smallest absolute Gasteiger partial charge is 0.369 e. The van der Waals surface area contributed by atoms with E-state index in [2.05, 4.69) is 19.6 Å². The van der Waals surface area contributed by atoms with Crippen LogP contribution in [0.2, 0.25) is 0 Å². The van der Waals surface area contributed by atoms with Gasteiger partial charge in [0.15, 0.2) is 0 Å². The molecule has 0 amide bonds. The number of rotatable bonds is 3. The summed E-state index contributed by atoms with van der Waals surface area (Å²) in [5.41, 5.74) is 4.56. The summed E-state index contributed by atoms with van der Waals surface area (Å²) in [4.78, 5) is 0. The van der Waals surface area contributed by atoms with E-state index in [0.717, 1.165) is 18.7 Å². The summed E-state index contributed by atoms with van der Waals surface area (Å²) in [7, 11) is 5.58. The summed E-state index contributed by atoms with van der Waals surface area (Å²) in [6, 6.07) is 0. The Labute approximate surface area is 81.2 Å². The number of ether oxygens (including phenoxy) is 1. The Balaban J connectivity index is 4.74. The monoisotopic (exact) mass is 182 g/mol. The molecule has 0 fully saturated rings. The maximum atomic E-state index is 5.16. The van der Waals surface area contributed by atoms with Crippen molar-refractivity contribution in [3.05, 3.63) is 17.4 Å². The molecule has 0 atom stereocenters. The van der Waals surface area contributed by atoms with Gasteiger partial charge in [-0.1, -0.05) is 13.8 Å². The Morgan fingerprint density at radius 3 is 2.15 bits per heavy atom. The molecule has 2 heteroatoms. The van der Waals surface area contributed by atoms with E-state index in [0.29, 0.717) is 0 Å². The summed E-state index contributed by atoms with van der Waals surface area (Å²) in [5, 5.41) is 0. The molecular weight excluding hydrogens is 162 g/mol. The molecule has 0 aliphatic carbocycles. The van der Waals surface area contributed by atoms with E-state index >= 15 is 0 Å². The van der Waals surface area contributed by atoms with E-state index in [1.165, 1.54) is 5.57 Å². The van der Waals surface area contributed by atoms with Crippen LogP contribution in [-0.4, -0.2) is 31.7 Å². The maximum absolute atomic E-state index is 5.16. The van der Waals surface area contributed by atoms with Crippen molar-refractivity contribution in [2.75, 3.05) is 21.2 Å². The van der Waals surface area contributed by atoms with Gasteiger partial charge in [0.1, 0.15) is 14.1 Å². The zero-order chi connectivity index (χ0) is 10.3. The summed E-state index contributed by atoms with van der Waals surface area (Å²) in [6.45, 7) is 4.28. The molecule has 0 saturated carbocycles. The number of hydrogen-bond donors (Lipinski definition) is 0. The maximum Gasteiger partial charge on any atom is 0.369 e. The van der Waals surface area contributed by atoms with Crippen LogP contribution >= 0.6 is 0 Å². The fourth-order valence-corrected chi connectivity index (χ4v) is 0.989. The number of nitrogens with zero attached hydrogens (tertiary/aromatic N) is 1. The number of hydrogen-bond acceptors (Lipinski definition) is 1. The zero-order valence-electron chi connectivity index (χ0n) is 9.35. The largest absolute Gasteiger partial charge is 0.448 e. The predicted octanol–water partition coefficient (Wildman–Crippen LogP) is 2.20. The minimum atomic E-state index is 0.833. The van der Waals surface area contributed by atoms with E-state index in [1.54, 1.807) is 7.11 Å². The van der Waals surface area contributed by atoms with Crippen molar-refractivity contribution in [3.63, 3.8) is 0 Å². The molecule has 0 aliphatic heterocycles. The number of methoxy groups -OCH3 is 1. The second kappa shape index (κ2) is 6.50. The molecule has 0 aromatic heterocycles. The van der Waals surface area contributed by atoms with Gasteiger partial charge in [0.25, 0.3) is 0 Å². The van der Waals surface area contributed by atoms with Gasteiger partial charge in [-0.2, -0.15) is 0 Å². The van der Waals surface area contributed by atoms with Gasteiger partial charge >= 0.3 is 5.90 Å². The Bertz CT molecular complexity index is 235. The minimum absolute atomic E-state index is 0.833. The Kier molecular flexibility index (Phi) is 5.99. The van der Waals surface area contributed by atoms with E-state index in [1.807, 2.05) is 24.7 Å². The molecule has 0 spiro atoms. The molecule has 0 radical (unpaired) electrons. The molecule has 0 unspecified atom stereocenters. The van der Waals surface area contributed by atoms with Gasteiger partial charge in [0.05, 0.1) is 13.2 Å². The molecule has 0 saturated heterocycles. The van der Waals surface area contributed by atoms with Gasteiger partial charge in [0, 0.05) is 0 Å². The molecular formula is C11H20NO+. The molecule has 0 heterocycles. The molecule has 13 heavy (non-hydrogen) atoms. The Morgan fingerprint density at radius 1 is 1.31 bits per heavy atom. The molecule has 0 aliphatic rings. The SMILES string of the molecule is CCC(=C=CC(OC)=[N+](C)C)CC. The predicted molar refractivity (Wildman–Crippen MR) is 56.3 cm³/mol. The third-order valence-electron chi connectivity index (χ3n) is 1.90. The average molecular weight is 182 g/mol. The normalized spacial score (nSPS) is 8.69. The van der Waals surface area contributed by atoms with Crippen molar-refractivity contribution in [1.29, 1.82) is 0 Å². The fraction of sp³-hybridized carbons (Fsp3) is 0.636. The topological polar surface area (TPSA) is 12.2 Å². The summed E-state index contributed by atoms with van der Waals surface area (Å²) in [5.74, 6) is 0.833. The average Bonchev–Trinajstić information content (AvgIpc) is 2.12. The summed E-state index contributed by atoms with van der Waals surface area (Å²) >= 11 is 0. The summed E-state index contributed by atoms with van der Waals surface area (Å²) in [6.07, 6.45) is 4.00. The Hall–Kier alpha value is -1.01. The lowest BCUT2D eigenvalue weighted by molar-refractivity contribution is -0.472. The molecule has 74 valence electrons. The first-order valence-electron chi connectivity index (χ1n) is 4.68. The summed E-state index contributed by atoms with van der Waals surface area (Å²) < 4.78 is 7.09. The van der Waals surface area contributed by atoms with Crippen LogP contribution < -0.4 is 0 Å². The highest BCUT2D eigenvalue weighted by Crippen LogP contribution is 2.02. The van der Waals surface area contributed by atoms with Gasteiger partial charge in [0.2, 0.25) is 0 Å². The van der Waals surface area contributed by atoms with Gasteiger partial charge in [-0.15, -0.1) is 5.73 Å². The Morgan fingerprint density at radius 2 is 1.85 bits per heavy atom. The third kappa shape index (κ3) is 4.54. The first kappa shape index (κ1) is 12.0. The first-order valence-corrected chi connectivity index (χ1v) is 4.68. The highest BCUT2D eigenvalue weighted by Gasteiger charge is 2.00. The lowest BCUT2D eigenvalue weighted by Crippen LogP contribution is -2.12. The fourth-order valence-electron chi connectivity index (χ4n) is 0.989. The van der Waals surface area contributed by atoms with E-state index < -0.39 is 0 Å². The van der Waals surface area contributed by atoms with Crippen molar-refractivity contribution in [2.45, 2.75) is 26.7 Å². The molecule has 0 bridgehead atoms. The molecule has 0 rings (SSSR count). The van der Waals surface area contributed by atoms with Crippen LogP contribution in [0.3, 0.4) is 0 Å². The zero-order valence-corrected chi connectivity index (χ0v) is 9.35. The highest BCUT2D eigenvalue weighted by atomic mass is 16.5. The van der Waals surface area contributed by atoms with Crippen LogP contribution in [-0.2, 0) is 4.74 Å². The quantitative estimate of drug-likeness (QED) is 0.282. The van der Waals surface area contributed by atoms with E-state index in [-0.39, 0.29) is 0 Å². The minimum Gasteiger partial charge on any atom is -0.448 e. The van der Waals surface area contributed by atoms with Crippen molar-refractivity contribution < 1.29 is 9.31 Å². The van der Waals surface area contributed by atoms with E-state index in [4.69, 9.17) is 4.74 Å². The van der Waals surface area contributed by atoms with Gasteiger partial charge in [-0.25, -0.2) is 4.58 Å². The van der Waals surface area contributed by atoms with Gasteiger partial charge in [-0.3, -0.25) is 0 Å². The lowest BCUT2D eigenvalue weighted by Gasteiger charge is -1.95. The van der Waals surface area contributed by atoms with Crippen molar-refractivity contribution in [3.8, 4) is 0 Å². The lowest BCUT2D eigenvalue weighted by atomic mass is 10.2. The molecule has 2 nitrogen and oxygen atoms in total. The molecule has 0 N–H and O–H groups in total.